The van der Waals surface area contributed by atoms with E-state index in [4.69, 9.17) is 0 Å². The Morgan fingerprint density at radius 1 is 1.10 bits per heavy atom. The van der Waals surface area contributed by atoms with Gasteiger partial charge in [-0.3, -0.25) is 4.79 Å². The van der Waals surface area contributed by atoms with Gasteiger partial charge < -0.3 is 9.80 Å². The van der Waals surface area contributed by atoms with Crippen molar-refractivity contribution in [3.63, 3.8) is 0 Å². The fourth-order valence-corrected chi connectivity index (χ4v) is 4.68. The maximum Gasteiger partial charge on any atom is 0.256 e. The second-order valence-electron chi connectivity index (χ2n) is 8.29. The summed E-state index contributed by atoms with van der Waals surface area (Å²) in [6, 6.07) is 7.97. The first-order valence-electron chi connectivity index (χ1n) is 10.4. The normalized spacial score (nSPS) is 20.6. The molecule has 154 valence electrons. The molecule has 0 N–H and O–H groups in total. The Bertz CT molecular complexity index is 1070. The summed E-state index contributed by atoms with van der Waals surface area (Å²) in [6.07, 6.45) is 4.45. The second-order valence-corrected chi connectivity index (χ2v) is 8.29. The van der Waals surface area contributed by atoms with Crippen molar-refractivity contribution < 1.29 is 4.79 Å². The van der Waals surface area contributed by atoms with Crippen LogP contribution in [0.4, 0.5) is 5.95 Å². The number of benzene rings is 1. The van der Waals surface area contributed by atoms with Crippen LogP contribution in [0.5, 0.6) is 0 Å². The van der Waals surface area contributed by atoms with E-state index in [0.29, 0.717) is 11.5 Å². The number of aryl methyl sites for hydroxylation is 3. The number of hydrogen-bond acceptors (Lipinski definition) is 6. The van der Waals surface area contributed by atoms with Crippen LogP contribution in [0.3, 0.4) is 0 Å². The Labute approximate surface area is 175 Å². The number of carbonyl (C=O) groups is 1. The van der Waals surface area contributed by atoms with Gasteiger partial charge in [0.2, 0.25) is 5.95 Å². The van der Waals surface area contributed by atoms with Gasteiger partial charge >= 0.3 is 0 Å². The largest absolute Gasteiger partial charge is 0.339 e. The summed E-state index contributed by atoms with van der Waals surface area (Å²) >= 11 is 0. The predicted octanol–water partition coefficient (Wildman–Crippen LogP) is 2.33. The highest BCUT2D eigenvalue weighted by molar-refractivity contribution is 5.99. The monoisotopic (exact) mass is 403 g/mol. The summed E-state index contributed by atoms with van der Waals surface area (Å²) in [5, 5.41) is 8.02. The zero-order valence-electron chi connectivity index (χ0n) is 17.5. The molecule has 1 amide bonds. The van der Waals surface area contributed by atoms with Gasteiger partial charge in [0, 0.05) is 36.9 Å². The summed E-state index contributed by atoms with van der Waals surface area (Å²) in [7, 11) is 0. The number of amides is 1. The van der Waals surface area contributed by atoms with Crippen molar-refractivity contribution in [3.05, 3.63) is 59.2 Å². The minimum Gasteiger partial charge on any atom is -0.339 e. The average molecular weight is 403 g/mol. The Kier molecular flexibility index (Phi) is 4.49. The molecule has 0 unspecified atom stereocenters. The van der Waals surface area contributed by atoms with Crippen molar-refractivity contribution >= 4 is 11.9 Å². The molecule has 2 atom stereocenters. The number of carbonyl (C=O) groups excluding carboxylic acids is 1. The number of para-hydroxylation sites is 1. The van der Waals surface area contributed by atoms with Crippen LogP contribution >= 0.6 is 0 Å². The number of piperidine rings is 1. The lowest BCUT2D eigenvalue weighted by atomic mass is 9.81. The summed E-state index contributed by atoms with van der Waals surface area (Å²) in [5.74, 6) is 1.36. The van der Waals surface area contributed by atoms with Crippen LogP contribution in [0, 0.1) is 26.7 Å². The highest BCUT2D eigenvalue weighted by atomic mass is 16.2. The van der Waals surface area contributed by atoms with E-state index in [-0.39, 0.29) is 11.9 Å². The van der Waals surface area contributed by atoms with Crippen LogP contribution in [-0.4, -0.2) is 61.4 Å². The highest BCUT2D eigenvalue weighted by Crippen LogP contribution is 2.35. The molecule has 5 rings (SSSR count). The Morgan fingerprint density at radius 3 is 2.63 bits per heavy atom. The number of likely N-dealkylation sites (tertiary alicyclic amines) is 1. The third-order valence-electron chi connectivity index (χ3n) is 6.19. The van der Waals surface area contributed by atoms with E-state index >= 15 is 0 Å². The number of nitrogens with zero attached hydrogens (tertiary/aromatic N) is 7. The van der Waals surface area contributed by atoms with Gasteiger partial charge in [-0.05, 0) is 44.9 Å². The summed E-state index contributed by atoms with van der Waals surface area (Å²) in [5.41, 5.74) is 4.40. The maximum atomic E-state index is 13.5. The summed E-state index contributed by atoms with van der Waals surface area (Å²) in [4.78, 5) is 27.0. The predicted molar refractivity (Wildman–Crippen MR) is 113 cm³/mol. The van der Waals surface area contributed by atoms with Crippen molar-refractivity contribution in [1.82, 2.24) is 29.9 Å². The smallest absolute Gasteiger partial charge is 0.256 e. The lowest BCUT2D eigenvalue weighted by Crippen LogP contribution is -2.66. The van der Waals surface area contributed by atoms with Gasteiger partial charge in [-0.1, -0.05) is 17.3 Å². The van der Waals surface area contributed by atoms with Gasteiger partial charge in [0.1, 0.15) is 0 Å². The fourth-order valence-electron chi connectivity index (χ4n) is 4.68. The molecule has 1 aromatic carbocycles. The average Bonchev–Trinajstić information content (AvgIpc) is 3.22. The SMILES string of the molecule is Cc1cc(C)nc(N2CC[C@@H]3CN(C(=O)c4cccc(C)c4-n4ccnn4)[C@@H]3C2)n1. The van der Waals surface area contributed by atoms with Crippen LogP contribution < -0.4 is 4.90 Å². The number of hydrogen-bond donors (Lipinski definition) is 0. The number of rotatable bonds is 3. The highest BCUT2D eigenvalue weighted by Gasteiger charge is 2.46. The van der Waals surface area contributed by atoms with Crippen molar-refractivity contribution in [2.45, 2.75) is 33.2 Å². The summed E-state index contributed by atoms with van der Waals surface area (Å²) in [6.45, 7) is 8.48. The molecule has 2 saturated heterocycles. The van der Waals surface area contributed by atoms with E-state index in [1.165, 1.54) is 0 Å². The fraction of sp³-hybridized carbons (Fsp3) is 0.409. The van der Waals surface area contributed by atoms with E-state index in [2.05, 4.69) is 25.2 Å². The van der Waals surface area contributed by atoms with Crippen molar-refractivity contribution in [2.75, 3.05) is 24.5 Å². The van der Waals surface area contributed by atoms with E-state index in [1.54, 1.807) is 17.1 Å². The quantitative estimate of drug-likeness (QED) is 0.668. The molecule has 2 aliphatic heterocycles. The molecule has 0 radical (unpaired) electrons. The molecule has 0 aliphatic carbocycles. The molecule has 0 spiro atoms. The second kappa shape index (κ2) is 7.19. The Morgan fingerprint density at radius 2 is 1.90 bits per heavy atom. The van der Waals surface area contributed by atoms with Gasteiger partial charge in [0.25, 0.3) is 5.91 Å². The molecular weight excluding hydrogens is 378 g/mol. The molecule has 8 heteroatoms. The van der Waals surface area contributed by atoms with Crippen LogP contribution in [-0.2, 0) is 0 Å². The zero-order valence-corrected chi connectivity index (χ0v) is 17.5. The van der Waals surface area contributed by atoms with E-state index in [0.717, 1.165) is 54.6 Å². The van der Waals surface area contributed by atoms with Crippen LogP contribution in [0.15, 0.2) is 36.7 Å². The van der Waals surface area contributed by atoms with Crippen LogP contribution in [0.25, 0.3) is 5.69 Å². The van der Waals surface area contributed by atoms with Gasteiger partial charge in [-0.25, -0.2) is 14.6 Å². The molecular formula is C22H25N7O. The number of fused-ring (bicyclic) bond motifs is 1. The molecule has 2 fully saturated rings. The molecule has 30 heavy (non-hydrogen) atoms. The van der Waals surface area contributed by atoms with E-state index in [1.807, 2.05) is 49.9 Å². The lowest BCUT2D eigenvalue weighted by molar-refractivity contribution is 0.00766. The molecule has 4 heterocycles. The first-order valence-corrected chi connectivity index (χ1v) is 10.4. The molecule has 3 aromatic rings. The van der Waals surface area contributed by atoms with E-state index < -0.39 is 0 Å². The van der Waals surface area contributed by atoms with E-state index in [9.17, 15) is 4.79 Å². The molecule has 2 aliphatic rings. The Balaban J connectivity index is 1.41. The van der Waals surface area contributed by atoms with Crippen molar-refractivity contribution in [2.24, 2.45) is 5.92 Å². The minimum atomic E-state index is 0.0497. The van der Waals surface area contributed by atoms with Gasteiger partial charge in [-0.15, -0.1) is 5.10 Å². The summed E-state index contributed by atoms with van der Waals surface area (Å²) < 4.78 is 1.68. The standard InChI is InChI=1S/C22H25N7O/c1-14-5-4-6-18(20(14)29-10-8-23-26-29)21(30)28-12-17-7-9-27(13-19(17)28)22-24-15(2)11-16(3)25-22/h4-6,8,10-11,17,19H,7,9,12-13H2,1-3H3/t17-,19-/m1/s1. The first kappa shape index (κ1) is 18.7. The first-order chi connectivity index (χ1) is 14.5. The third-order valence-corrected chi connectivity index (χ3v) is 6.19. The van der Waals surface area contributed by atoms with Gasteiger partial charge in [0.05, 0.1) is 29.7 Å². The van der Waals surface area contributed by atoms with Gasteiger partial charge in [-0.2, -0.15) is 0 Å². The van der Waals surface area contributed by atoms with Crippen molar-refractivity contribution in [1.29, 1.82) is 0 Å². The van der Waals surface area contributed by atoms with Crippen LogP contribution in [0.2, 0.25) is 0 Å². The zero-order chi connectivity index (χ0) is 20.8. The number of aromatic nitrogens is 5. The molecule has 2 aromatic heterocycles. The topological polar surface area (TPSA) is 80.0 Å². The molecule has 8 nitrogen and oxygen atoms in total. The van der Waals surface area contributed by atoms with Crippen molar-refractivity contribution in [3.8, 4) is 5.69 Å². The maximum absolute atomic E-state index is 13.5. The molecule has 0 saturated carbocycles. The number of anilines is 1. The Hall–Kier alpha value is -3.29. The minimum absolute atomic E-state index is 0.0497. The lowest BCUT2D eigenvalue weighted by Gasteiger charge is -2.53. The van der Waals surface area contributed by atoms with Crippen LogP contribution in [0.1, 0.15) is 33.7 Å². The molecule has 0 bridgehead atoms. The van der Waals surface area contributed by atoms with Gasteiger partial charge in [0.15, 0.2) is 0 Å². The third kappa shape index (κ3) is 3.12.